The van der Waals surface area contributed by atoms with Crippen LogP contribution in [0.3, 0.4) is 0 Å². The van der Waals surface area contributed by atoms with Gasteiger partial charge >= 0.3 is 0 Å². The van der Waals surface area contributed by atoms with Gasteiger partial charge in [-0.3, -0.25) is 39.0 Å². The van der Waals surface area contributed by atoms with Crippen molar-refractivity contribution in [1.82, 2.24) is 35.0 Å². The lowest BCUT2D eigenvalue weighted by molar-refractivity contribution is -0.136. The number of aromatic nitrogens is 3. The maximum atomic E-state index is 13.2. The average molecular weight is 737 g/mol. The maximum Gasteiger partial charge on any atom is 0.266 e. The predicted molar refractivity (Wildman–Crippen MR) is 195 cm³/mol. The molecule has 0 radical (unpaired) electrons. The van der Waals surface area contributed by atoms with Crippen molar-refractivity contribution in [2.24, 2.45) is 0 Å². The maximum absolute atomic E-state index is 13.2. The average Bonchev–Trinajstić information content (AvgIpc) is 3.89. The van der Waals surface area contributed by atoms with E-state index in [1.165, 1.54) is 6.07 Å². The molecular formula is C38H40N8O8. The monoisotopic (exact) mass is 736 g/mol. The Kier molecular flexibility index (Phi) is 10.4. The van der Waals surface area contributed by atoms with E-state index >= 15 is 0 Å². The molecule has 280 valence electrons. The summed E-state index contributed by atoms with van der Waals surface area (Å²) in [6.45, 7) is 0.648. The zero-order valence-electron chi connectivity index (χ0n) is 29.9. The molecule has 4 heterocycles. The third kappa shape index (κ3) is 7.24. The number of fused-ring (bicyclic) bond motifs is 2. The van der Waals surface area contributed by atoms with Crippen molar-refractivity contribution in [1.29, 1.82) is 0 Å². The number of amides is 6. The van der Waals surface area contributed by atoms with E-state index in [1.807, 2.05) is 6.20 Å². The quantitative estimate of drug-likeness (QED) is 0.135. The van der Waals surface area contributed by atoms with Gasteiger partial charge in [-0.15, -0.1) is 0 Å². The molecule has 0 spiro atoms. The molecule has 4 aromatic rings. The van der Waals surface area contributed by atoms with E-state index in [1.54, 1.807) is 61.6 Å². The normalized spacial score (nSPS) is 17.1. The first-order chi connectivity index (χ1) is 26.1. The van der Waals surface area contributed by atoms with Crippen molar-refractivity contribution in [2.75, 3.05) is 45.8 Å². The Hall–Kier alpha value is -6.16. The Morgan fingerprint density at radius 1 is 0.963 bits per heavy atom. The van der Waals surface area contributed by atoms with Gasteiger partial charge in [-0.05, 0) is 55.7 Å². The Bertz CT molecular complexity index is 2140. The fourth-order valence-corrected chi connectivity index (χ4v) is 7.05. The lowest BCUT2D eigenvalue weighted by Crippen LogP contribution is -2.54. The highest BCUT2D eigenvalue weighted by molar-refractivity contribution is 6.24. The Morgan fingerprint density at radius 3 is 2.48 bits per heavy atom. The summed E-state index contributed by atoms with van der Waals surface area (Å²) >= 11 is 0. The van der Waals surface area contributed by atoms with Gasteiger partial charge < -0.3 is 29.6 Å². The van der Waals surface area contributed by atoms with Gasteiger partial charge in [-0.1, -0.05) is 18.9 Å². The number of benzene rings is 2. The fourth-order valence-electron chi connectivity index (χ4n) is 7.05. The van der Waals surface area contributed by atoms with Crippen LogP contribution in [0.1, 0.15) is 86.0 Å². The van der Waals surface area contributed by atoms with E-state index in [9.17, 15) is 28.8 Å². The molecule has 2 fully saturated rings. The number of piperidine rings is 1. The van der Waals surface area contributed by atoms with Gasteiger partial charge in [0.25, 0.3) is 23.6 Å². The number of imide groups is 2. The summed E-state index contributed by atoms with van der Waals surface area (Å²) in [5.74, 6) is -2.20. The Balaban J connectivity index is 0.875. The minimum absolute atomic E-state index is 0.0308. The van der Waals surface area contributed by atoms with E-state index in [4.69, 9.17) is 14.5 Å². The highest BCUT2D eigenvalue weighted by atomic mass is 16.5. The minimum Gasteiger partial charge on any atom is -0.490 e. The molecule has 1 saturated carbocycles. The fraction of sp³-hybridized carbons (Fsp3) is 0.368. The summed E-state index contributed by atoms with van der Waals surface area (Å²) in [6.07, 6.45) is 8.03. The number of carbonyl (C=O) groups is 6. The van der Waals surface area contributed by atoms with Crippen LogP contribution in [0.4, 0.5) is 11.6 Å². The van der Waals surface area contributed by atoms with Crippen molar-refractivity contribution >= 4 is 58.1 Å². The highest BCUT2D eigenvalue weighted by Gasteiger charge is 2.46. The molecule has 0 bridgehead atoms. The number of nitrogens with zero attached hydrogens (tertiary/aromatic N) is 5. The molecule has 2 aliphatic heterocycles. The first-order valence-corrected chi connectivity index (χ1v) is 17.9. The standard InChI is InChI=1S/C38H40N8O8/c1-44(2)35(50)27-21-45(24-6-3-4-7-24)32-26(27)20-40-38(43-32)41-23-12-10-22(11-13-23)33(48)39-16-17-53-18-19-54-29-9-5-8-25-31(29)37(52)46(36(25)51)28-14-15-30(47)42-34(28)49/h5,8-13,20-21,24,28H,3-4,6-7,14-19H2,1-2H3,(H,39,48)(H,40,41,43)(H,42,47,49). The van der Waals surface area contributed by atoms with E-state index in [-0.39, 0.29) is 73.9 Å². The SMILES string of the molecule is CN(C)C(=O)c1cn(C2CCCC2)c2nc(Nc3ccc(C(=O)NCCOCCOc4cccc5c4C(=O)N(C4CCC(=O)NC4=O)C5=O)cc3)ncc12. The number of ether oxygens (including phenoxy) is 2. The van der Waals surface area contributed by atoms with Crippen LogP contribution in [-0.2, 0) is 14.3 Å². The third-order valence-electron chi connectivity index (χ3n) is 9.78. The number of hydrogen-bond acceptors (Lipinski definition) is 11. The molecule has 3 N–H and O–H groups in total. The van der Waals surface area contributed by atoms with Crippen LogP contribution < -0.4 is 20.7 Å². The smallest absolute Gasteiger partial charge is 0.266 e. The second-order valence-electron chi connectivity index (χ2n) is 13.6. The third-order valence-corrected chi connectivity index (χ3v) is 9.78. The van der Waals surface area contributed by atoms with Crippen LogP contribution in [0.2, 0.25) is 0 Å². The van der Waals surface area contributed by atoms with Crippen molar-refractivity contribution in [3.63, 3.8) is 0 Å². The minimum atomic E-state index is -1.07. The van der Waals surface area contributed by atoms with Crippen LogP contribution in [0, 0.1) is 0 Å². The second-order valence-corrected chi connectivity index (χ2v) is 13.6. The van der Waals surface area contributed by atoms with E-state index in [2.05, 4.69) is 25.5 Å². The molecule has 3 aliphatic rings. The summed E-state index contributed by atoms with van der Waals surface area (Å²) < 4.78 is 13.5. The Morgan fingerprint density at radius 2 is 1.74 bits per heavy atom. The van der Waals surface area contributed by atoms with Gasteiger partial charge in [-0.25, -0.2) is 4.98 Å². The first-order valence-electron chi connectivity index (χ1n) is 17.9. The zero-order valence-corrected chi connectivity index (χ0v) is 29.9. The van der Waals surface area contributed by atoms with Crippen LogP contribution in [0.5, 0.6) is 5.75 Å². The molecule has 7 rings (SSSR count). The molecule has 1 saturated heterocycles. The molecule has 1 aliphatic carbocycles. The molecule has 2 aromatic carbocycles. The molecule has 1 unspecified atom stereocenters. The number of hydrogen-bond donors (Lipinski definition) is 3. The van der Waals surface area contributed by atoms with Gasteiger partial charge in [0.1, 0.15) is 24.0 Å². The van der Waals surface area contributed by atoms with Crippen molar-refractivity contribution in [3.05, 3.63) is 77.1 Å². The molecule has 54 heavy (non-hydrogen) atoms. The van der Waals surface area contributed by atoms with Crippen molar-refractivity contribution in [3.8, 4) is 5.75 Å². The van der Waals surface area contributed by atoms with Gasteiger partial charge in [-0.2, -0.15) is 4.98 Å². The highest BCUT2D eigenvalue weighted by Crippen LogP contribution is 2.35. The first kappa shape index (κ1) is 36.2. The largest absolute Gasteiger partial charge is 0.490 e. The second kappa shape index (κ2) is 15.4. The summed E-state index contributed by atoms with van der Waals surface area (Å²) in [6, 6.07) is 10.7. The number of nitrogens with one attached hydrogen (secondary N) is 3. The van der Waals surface area contributed by atoms with Crippen LogP contribution >= 0.6 is 0 Å². The lowest BCUT2D eigenvalue weighted by atomic mass is 10.0. The van der Waals surface area contributed by atoms with Gasteiger partial charge in [0.2, 0.25) is 17.8 Å². The van der Waals surface area contributed by atoms with Crippen LogP contribution in [-0.4, -0.2) is 106 Å². The van der Waals surface area contributed by atoms with E-state index in [0.29, 0.717) is 33.8 Å². The number of rotatable bonds is 13. The zero-order chi connectivity index (χ0) is 37.9. The molecule has 2 aromatic heterocycles. The summed E-state index contributed by atoms with van der Waals surface area (Å²) in [4.78, 5) is 87.5. The summed E-state index contributed by atoms with van der Waals surface area (Å²) in [5.41, 5.74) is 2.62. The molecule has 16 heteroatoms. The molecular weight excluding hydrogens is 696 g/mol. The van der Waals surface area contributed by atoms with Gasteiger partial charge in [0.05, 0.1) is 35.3 Å². The predicted octanol–water partition coefficient (Wildman–Crippen LogP) is 3.22. The van der Waals surface area contributed by atoms with E-state index in [0.717, 1.165) is 30.6 Å². The Labute approximate surface area is 310 Å². The molecule has 1 atom stereocenters. The topological polar surface area (TPSA) is 194 Å². The molecule has 16 nitrogen and oxygen atoms in total. The van der Waals surface area contributed by atoms with Crippen LogP contribution in [0.25, 0.3) is 11.0 Å². The summed E-state index contributed by atoms with van der Waals surface area (Å²) in [5, 5.41) is 8.90. The lowest BCUT2D eigenvalue weighted by Gasteiger charge is -2.27. The van der Waals surface area contributed by atoms with E-state index < -0.39 is 29.7 Å². The van der Waals surface area contributed by atoms with Crippen molar-refractivity contribution in [2.45, 2.75) is 50.6 Å². The number of carbonyl (C=O) groups excluding carboxylic acids is 6. The number of anilines is 2. The molecule has 6 amide bonds. The van der Waals surface area contributed by atoms with Crippen LogP contribution in [0.15, 0.2) is 54.9 Å². The van der Waals surface area contributed by atoms with Gasteiger partial charge in [0.15, 0.2) is 0 Å². The summed E-state index contributed by atoms with van der Waals surface area (Å²) in [7, 11) is 3.45. The van der Waals surface area contributed by atoms with Crippen molar-refractivity contribution < 1.29 is 38.2 Å². The van der Waals surface area contributed by atoms with Gasteiger partial charge in [0, 0.05) is 56.7 Å².